The number of carbonyl (C=O) groups is 1. The van der Waals surface area contributed by atoms with E-state index in [0.29, 0.717) is 31.3 Å². The van der Waals surface area contributed by atoms with Crippen molar-refractivity contribution in [1.82, 2.24) is 9.80 Å². The Bertz CT molecular complexity index is 434. The Hall–Kier alpha value is -1.10. The van der Waals surface area contributed by atoms with Gasteiger partial charge in [-0.2, -0.15) is 0 Å². The second-order valence-electron chi connectivity index (χ2n) is 4.99. The lowest BCUT2D eigenvalue weighted by Gasteiger charge is -2.33. The van der Waals surface area contributed by atoms with Crippen LogP contribution >= 0.6 is 11.6 Å². The van der Waals surface area contributed by atoms with Crippen LogP contribution in [-0.2, 0) is 9.53 Å². The van der Waals surface area contributed by atoms with E-state index < -0.39 is 0 Å². The Morgan fingerprint density at radius 3 is 2.74 bits per heavy atom. The van der Waals surface area contributed by atoms with Crippen molar-refractivity contribution in [1.29, 1.82) is 0 Å². The van der Waals surface area contributed by atoms with Crippen LogP contribution in [0.15, 0.2) is 24.3 Å². The van der Waals surface area contributed by atoms with Gasteiger partial charge >= 0.3 is 0 Å². The van der Waals surface area contributed by atoms with Gasteiger partial charge in [-0.15, -0.1) is 0 Å². The monoisotopic (exact) mass is 282 g/mol. The van der Waals surface area contributed by atoms with E-state index in [0.717, 1.165) is 5.56 Å². The summed E-state index contributed by atoms with van der Waals surface area (Å²) in [5, 5.41) is 0.708. The Labute approximate surface area is 118 Å². The normalized spacial score (nSPS) is 19.8. The molecular weight excluding hydrogens is 264 g/mol. The summed E-state index contributed by atoms with van der Waals surface area (Å²) in [7, 11) is 3.80. The minimum absolute atomic E-state index is 0.0582. The number of hydrogen-bond acceptors (Lipinski definition) is 3. The van der Waals surface area contributed by atoms with Crippen molar-refractivity contribution in [3.05, 3.63) is 34.9 Å². The van der Waals surface area contributed by atoms with E-state index in [2.05, 4.69) is 0 Å². The molecule has 2 rings (SSSR count). The lowest BCUT2D eigenvalue weighted by molar-refractivity contribution is -0.139. The fourth-order valence-corrected chi connectivity index (χ4v) is 2.25. The quantitative estimate of drug-likeness (QED) is 0.848. The molecule has 0 N–H and O–H groups in total. The second-order valence-corrected chi connectivity index (χ2v) is 5.42. The molecule has 1 saturated heterocycles. The van der Waals surface area contributed by atoms with Crippen LogP contribution in [0, 0.1) is 0 Å². The zero-order valence-electron chi connectivity index (χ0n) is 11.3. The van der Waals surface area contributed by atoms with E-state index in [1.165, 1.54) is 0 Å². The van der Waals surface area contributed by atoms with Crippen LogP contribution in [0.1, 0.15) is 11.7 Å². The Kier molecular flexibility index (Phi) is 4.80. The standard InChI is InChI=1S/C14H19ClN2O2/c1-16(2)10-14(18)17-7-8-19-13(9-17)11-3-5-12(15)6-4-11/h3-6,13H,7-10H2,1-2H3. The van der Waals surface area contributed by atoms with Gasteiger partial charge in [-0.25, -0.2) is 0 Å². The molecule has 1 aromatic carbocycles. The van der Waals surface area contributed by atoms with Gasteiger partial charge in [0.05, 0.1) is 19.7 Å². The van der Waals surface area contributed by atoms with E-state index in [1.54, 1.807) is 0 Å². The second kappa shape index (κ2) is 6.37. The van der Waals surface area contributed by atoms with Gasteiger partial charge in [-0.1, -0.05) is 23.7 Å². The molecule has 19 heavy (non-hydrogen) atoms. The molecule has 1 fully saturated rings. The number of morpholine rings is 1. The maximum absolute atomic E-state index is 12.0. The third kappa shape index (κ3) is 3.93. The minimum atomic E-state index is -0.0582. The van der Waals surface area contributed by atoms with Crippen molar-refractivity contribution in [2.75, 3.05) is 40.3 Å². The van der Waals surface area contributed by atoms with Gasteiger partial charge in [0.15, 0.2) is 0 Å². The Balaban J connectivity index is 2.00. The molecule has 1 unspecified atom stereocenters. The molecule has 1 aliphatic rings. The number of halogens is 1. The summed E-state index contributed by atoms with van der Waals surface area (Å²) >= 11 is 5.88. The average Bonchev–Trinajstić information content (AvgIpc) is 2.39. The number of ether oxygens (including phenoxy) is 1. The number of amides is 1. The van der Waals surface area contributed by atoms with Crippen molar-refractivity contribution in [2.45, 2.75) is 6.10 Å². The molecule has 0 saturated carbocycles. The lowest BCUT2D eigenvalue weighted by atomic mass is 10.1. The molecule has 0 spiro atoms. The highest BCUT2D eigenvalue weighted by atomic mass is 35.5. The number of nitrogens with zero attached hydrogens (tertiary/aromatic N) is 2. The molecule has 104 valence electrons. The van der Waals surface area contributed by atoms with Crippen molar-refractivity contribution < 1.29 is 9.53 Å². The largest absolute Gasteiger partial charge is 0.370 e. The van der Waals surface area contributed by atoms with E-state index in [4.69, 9.17) is 16.3 Å². The van der Waals surface area contributed by atoms with Crippen LogP contribution < -0.4 is 0 Å². The number of benzene rings is 1. The van der Waals surface area contributed by atoms with Gasteiger partial charge in [-0.05, 0) is 31.8 Å². The number of hydrogen-bond donors (Lipinski definition) is 0. The highest BCUT2D eigenvalue weighted by Gasteiger charge is 2.25. The Morgan fingerprint density at radius 2 is 2.11 bits per heavy atom. The van der Waals surface area contributed by atoms with Gasteiger partial charge in [-0.3, -0.25) is 4.79 Å². The molecule has 1 atom stereocenters. The molecule has 1 amide bonds. The predicted octanol–water partition coefficient (Wildman–Crippen LogP) is 1.80. The number of rotatable bonds is 3. The van der Waals surface area contributed by atoms with E-state index in [9.17, 15) is 4.79 Å². The molecule has 0 aliphatic carbocycles. The summed E-state index contributed by atoms with van der Waals surface area (Å²) in [4.78, 5) is 15.8. The third-order valence-corrected chi connectivity index (χ3v) is 3.36. The van der Waals surface area contributed by atoms with Gasteiger partial charge in [0.1, 0.15) is 6.10 Å². The van der Waals surface area contributed by atoms with Crippen LogP contribution in [0.4, 0.5) is 0 Å². The molecule has 1 heterocycles. The maximum atomic E-state index is 12.0. The van der Waals surface area contributed by atoms with Crippen LogP contribution in [0.2, 0.25) is 5.02 Å². The highest BCUT2D eigenvalue weighted by molar-refractivity contribution is 6.30. The summed E-state index contributed by atoms with van der Waals surface area (Å²) in [6, 6.07) is 7.60. The first-order valence-electron chi connectivity index (χ1n) is 6.36. The highest BCUT2D eigenvalue weighted by Crippen LogP contribution is 2.23. The molecule has 4 nitrogen and oxygen atoms in total. The Morgan fingerprint density at radius 1 is 1.42 bits per heavy atom. The van der Waals surface area contributed by atoms with Crippen molar-refractivity contribution in [3.8, 4) is 0 Å². The molecule has 0 bridgehead atoms. The zero-order valence-corrected chi connectivity index (χ0v) is 12.1. The van der Waals surface area contributed by atoms with E-state index >= 15 is 0 Å². The summed E-state index contributed by atoms with van der Waals surface area (Å²) in [5.41, 5.74) is 1.06. The van der Waals surface area contributed by atoms with Gasteiger partial charge in [0.2, 0.25) is 5.91 Å². The maximum Gasteiger partial charge on any atom is 0.236 e. The first-order chi connectivity index (χ1) is 9.06. The predicted molar refractivity (Wildman–Crippen MR) is 75.3 cm³/mol. The fourth-order valence-electron chi connectivity index (χ4n) is 2.13. The van der Waals surface area contributed by atoms with Crippen LogP contribution in [0.5, 0.6) is 0 Å². The van der Waals surface area contributed by atoms with Crippen molar-refractivity contribution >= 4 is 17.5 Å². The third-order valence-electron chi connectivity index (χ3n) is 3.11. The molecule has 1 aromatic rings. The van der Waals surface area contributed by atoms with Gasteiger partial charge in [0, 0.05) is 11.6 Å². The first-order valence-corrected chi connectivity index (χ1v) is 6.73. The number of likely N-dealkylation sites (N-methyl/N-ethyl adjacent to an activating group) is 1. The van der Waals surface area contributed by atoms with E-state index in [1.807, 2.05) is 48.2 Å². The van der Waals surface area contributed by atoms with E-state index in [-0.39, 0.29) is 12.0 Å². The van der Waals surface area contributed by atoms with Crippen molar-refractivity contribution in [3.63, 3.8) is 0 Å². The summed E-state index contributed by atoms with van der Waals surface area (Å²) in [5.74, 6) is 0.146. The molecule has 5 heteroatoms. The molecule has 1 aliphatic heterocycles. The van der Waals surface area contributed by atoms with Crippen LogP contribution in [0.3, 0.4) is 0 Å². The molecular formula is C14H19ClN2O2. The summed E-state index contributed by atoms with van der Waals surface area (Å²) < 4.78 is 5.74. The van der Waals surface area contributed by atoms with Gasteiger partial charge < -0.3 is 14.5 Å². The SMILES string of the molecule is CN(C)CC(=O)N1CCOC(c2ccc(Cl)cc2)C1. The summed E-state index contributed by atoms with van der Waals surface area (Å²) in [6.07, 6.45) is -0.0582. The lowest BCUT2D eigenvalue weighted by Crippen LogP contribution is -2.45. The molecule has 0 radical (unpaired) electrons. The number of carbonyl (C=O) groups excluding carboxylic acids is 1. The summed E-state index contributed by atoms with van der Waals surface area (Å²) in [6.45, 7) is 2.28. The zero-order chi connectivity index (χ0) is 13.8. The first kappa shape index (κ1) is 14.3. The molecule has 0 aromatic heterocycles. The van der Waals surface area contributed by atoms with Crippen LogP contribution in [-0.4, -0.2) is 56.0 Å². The van der Waals surface area contributed by atoms with Gasteiger partial charge in [0.25, 0.3) is 0 Å². The average molecular weight is 283 g/mol. The fraction of sp³-hybridized carbons (Fsp3) is 0.500. The topological polar surface area (TPSA) is 32.8 Å². The van der Waals surface area contributed by atoms with Crippen LogP contribution in [0.25, 0.3) is 0 Å². The van der Waals surface area contributed by atoms with Crippen molar-refractivity contribution in [2.24, 2.45) is 0 Å². The smallest absolute Gasteiger partial charge is 0.236 e. The minimum Gasteiger partial charge on any atom is -0.370 e.